The fourth-order valence-electron chi connectivity index (χ4n) is 22.4. The van der Waals surface area contributed by atoms with Crippen molar-refractivity contribution in [1.29, 1.82) is 0 Å². The zero-order valence-electron chi connectivity index (χ0n) is 75.7. The molecule has 30 rings (SSSR count). The Morgan fingerprint density at radius 3 is 0.721 bits per heavy atom. The Hall–Kier alpha value is -19.0. The molecular formula is C128H82N12. The molecule has 0 radical (unpaired) electrons. The zero-order chi connectivity index (χ0) is 92.0. The van der Waals surface area contributed by atoms with Gasteiger partial charge in [0.2, 0.25) is 0 Å². The maximum Gasteiger partial charge on any atom is 0.138 e. The second kappa shape index (κ2) is 32.4. The van der Waals surface area contributed by atoms with Crippen LogP contribution in [0.3, 0.4) is 0 Å². The molecule has 18 aromatic carbocycles. The second-order valence-electron chi connectivity index (χ2n) is 35.9. The molecule has 0 amide bonds. The van der Waals surface area contributed by atoms with Crippen molar-refractivity contribution in [3.05, 3.63) is 497 Å². The predicted octanol–water partition coefficient (Wildman–Crippen LogP) is 32.4. The van der Waals surface area contributed by atoms with Crippen molar-refractivity contribution < 1.29 is 0 Å². The minimum atomic E-state index is 0.819. The van der Waals surface area contributed by atoms with E-state index in [2.05, 4.69) is 528 Å². The van der Waals surface area contributed by atoms with Gasteiger partial charge in [0.05, 0.1) is 111 Å². The van der Waals surface area contributed by atoms with Crippen molar-refractivity contribution in [2.75, 3.05) is 0 Å². The number of pyridine rings is 4. The molecule has 0 aliphatic heterocycles. The molecule has 30 aromatic rings. The quantitative estimate of drug-likeness (QED) is 0.129. The maximum absolute atomic E-state index is 5.43. The molecule has 12 heteroatoms. The Kier molecular flexibility index (Phi) is 18.4. The fourth-order valence-corrected chi connectivity index (χ4v) is 22.4. The number of aromatic nitrogens is 12. The smallest absolute Gasteiger partial charge is 0.138 e. The van der Waals surface area contributed by atoms with Gasteiger partial charge in [-0.2, -0.15) is 0 Å². The highest BCUT2D eigenvalue weighted by molar-refractivity contribution is 6.29. The zero-order valence-corrected chi connectivity index (χ0v) is 75.7. The fraction of sp³-hybridized carbons (Fsp3) is 0. The Balaban J connectivity index is 0.000000104. The summed E-state index contributed by atoms with van der Waals surface area (Å²) in [5.41, 5.74) is 29.0. The summed E-state index contributed by atoms with van der Waals surface area (Å²) in [6, 6.07) is 177. The van der Waals surface area contributed by atoms with Gasteiger partial charge in [0, 0.05) is 120 Å². The largest absolute Gasteiger partial charge is 0.309 e. The molecule has 0 aliphatic carbocycles. The van der Waals surface area contributed by atoms with Crippen molar-refractivity contribution in [1.82, 2.24) is 56.5 Å². The molecule has 0 saturated heterocycles. The summed E-state index contributed by atoms with van der Waals surface area (Å²) in [6.07, 6.45) is 0. The summed E-state index contributed by atoms with van der Waals surface area (Å²) in [7, 11) is 0. The number of benzene rings is 18. The first-order chi connectivity index (χ1) is 69.5. The van der Waals surface area contributed by atoms with E-state index in [1.165, 1.54) is 130 Å². The van der Waals surface area contributed by atoms with Crippen LogP contribution in [-0.2, 0) is 0 Å². The summed E-state index contributed by atoms with van der Waals surface area (Å²) < 4.78 is 18.8. The molecule has 0 N–H and O–H groups in total. The SMILES string of the molecule is c1ccc(-c2cccc(-n3c4ccccc4c4c3ccc3c5ccccc5n(-c5ccccc5)c34)n2)cc1.c1ccc(-n2c3ccccc3c3c2ccc2c4ccccc4n(-c4cccc(-c5cccc(-n6c7ccccc7c7ccccc76)c5)n4)c23)cc1.c1ccc(-n2c3ccccc3c3c2ccc2c4ccccc4n(-c4cccc(-c5cccc(-n6c7ccccc7c7ccccc76)n5)n4)c23)cc1. The highest BCUT2D eigenvalue weighted by atomic mass is 15.1. The van der Waals surface area contributed by atoms with Gasteiger partial charge in [-0.15, -0.1) is 0 Å². The van der Waals surface area contributed by atoms with E-state index in [-0.39, 0.29) is 0 Å². The standard InChI is InChI=1S/C47H30N4.C46H29N5.C35H23N3/c1-2-15-32(16-3-1)49-43-26-11-7-21-38(43)46-44(49)29-28-37-36-20-6-10-25-42(36)51(47(37)46)45-27-13-22-39(48-45)31-14-12-17-33(30-31)50-40-23-8-4-18-34(40)35-19-5-9-24-41(35)50;1-2-14-30(15-3-1)49-41-25-11-7-19-35(41)45-42(49)29-28-34-33-18-6-10-24-40(33)51(46(34)45)44-27-13-21-37(48-44)36-20-12-26-43(47-36)50-38-22-8-4-16-31(38)32-17-5-9-23-39(32)50;1-3-12-24(13-4-1)29-18-11-21-33(36-29)38-31-20-10-8-17-28(31)34-32(38)23-22-27-26-16-7-9-19-30(26)37(35(27)34)25-14-5-2-6-15-25/h1-30H;1-29H;1-23H. The number of hydrogen-bond donors (Lipinski definition) is 0. The summed E-state index contributed by atoms with van der Waals surface area (Å²) in [6.45, 7) is 0. The van der Waals surface area contributed by atoms with Gasteiger partial charge in [0.1, 0.15) is 23.3 Å². The lowest BCUT2D eigenvalue weighted by molar-refractivity contribution is 1.06. The molecule has 0 fully saturated rings. The highest BCUT2D eigenvalue weighted by Gasteiger charge is 2.28. The van der Waals surface area contributed by atoms with Gasteiger partial charge >= 0.3 is 0 Å². The van der Waals surface area contributed by atoms with Gasteiger partial charge in [-0.3, -0.25) is 18.3 Å². The first kappa shape index (κ1) is 79.5. The van der Waals surface area contributed by atoms with Gasteiger partial charge in [-0.05, 0) is 176 Å². The first-order valence-corrected chi connectivity index (χ1v) is 47.6. The van der Waals surface area contributed by atoms with Crippen molar-refractivity contribution >= 4 is 174 Å². The highest BCUT2D eigenvalue weighted by Crippen LogP contribution is 2.48. The molecule has 12 heterocycles. The van der Waals surface area contributed by atoms with E-state index >= 15 is 0 Å². The lowest BCUT2D eigenvalue weighted by Crippen LogP contribution is -2.01. The van der Waals surface area contributed by atoms with Crippen molar-refractivity contribution in [2.45, 2.75) is 0 Å². The van der Waals surface area contributed by atoms with E-state index < -0.39 is 0 Å². The Morgan fingerprint density at radius 2 is 0.343 bits per heavy atom. The molecule has 654 valence electrons. The second-order valence-corrected chi connectivity index (χ2v) is 35.9. The molecule has 0 atom stereocenters. The monoisotopic (exact) mass is 1790 g/mol. The van der Waals surface area contributed by atoms with Crippen LogP contribution in [0.15, 0.2) is 497 Å². The van der Waals surface area contributed by atoms with E-state index in [1.54, 1.807) is 0 Å². The molecular weight excluding hydrogens is 1710 g/mol. The summed E-state index contributed by atoms with van der Waals surface area (Å²) in [5, 5.41) is 19.6. The number of hydrogen-bond acceptors (Lipinski definition) is 4. The van der Waals surface area contributed by atoms with Crippen LogP contribution in [0.1, 0.15) is 0 Å². The summed E-state index contributed by atoms with van der Waals surface area (Å²) in [5.74, 6) is 3.53. The Morgan fingerprint density at radius 1 is 0.121 bits per heavy atom. The van der Waals surface area contributed by atoms with Crippen LogP contribution < -0.4 is 0 Å². The van der Waals surface area contributed by atoms with Gasteiger partial charge in [0.15, 0.2) is 0 Å². The molecule has 12 aromatic heterocycles. The van der Waals surface area contributed by atoms with Crippen LogP contribution in [-0.4, -0.2) is 56.5 Å². The third-order valence-corrected chi connectivity index (χ3v) is 28.2. The van der Waals surface area contributed by atoms with E-state index in [4.69, 9.17) is 19.9 Å². The maximum atomic E-state index is 5.43. The molecule has 0 saturated carbocycles. The van der Waals surface area contributed by atoms with Crippen molar-refractivity contribution in [3.8, 4) is 79.9 Å². The van der Waals surface area contributed by atoms with Gasteiger partial charge in [-0.25, -0.2) is 19.9 Å². The van der Waals surface area contributed by atoms with Crippen LogP contribution in [0.4, 0.5) is 0 Å². The van der Waals surface area contributed by atoms with E-state index in [0.717, 1.165) is 124 Å². The predicted molar refractivity (Wildman–Crippen MR) is 582 cm³/mol. The average molecular weight is 1790 g/mol. The lowest BCUT2D eigenvalue weighted by Gasteiger charge is -2.12. The van der Waals surface area contributed by atoms with Crippen LogP contribution >= 0.6 is 0 Å². The molecule has 0 bridgehead atoms. The molecule has 12 nitrogen and oxygen atoms in total. The first-order valence-electron chi connectivity index (χ1n) is 47.6. The number of rotatable bonds is 11. The van der Waals surface area contributed by atoms with Gasteiger partial charge in [-0.1, -0.05) is 322 Å². The Bertz CT molecular complexity index is 9700. The van der Waals surface area contributed by atoms with E-state index in [9.17, 15) is 0 Å². The van der Waals surface area contributed by atoms with Crippen LogP contribution in [0, 0.1) is 0 Å². The summed E-state index contributed by atoms with van der Waals surface area (Å²) >= 11 is 0. The van der Waals surface area contributed by atoms with Crippen LogP contribution in [0.2, 0.25) is 0 Å². The minimum absolute atomic E-state index is 0.819. The molecule has 0 aliphatic rings. The Labute approximate surface area is 802 Å². The molecule has 0 unspecified atom stereocenters. The average Bonchev–Trinajstić information content (AvgIpc) is 1.55. The van der Waals surface area contributed by atoms with Crippen LogP contribution in [0.25, 0.3) is 254 Å². The summed E-state index contributed by atoms with van der Waals surface area (Å²) in [4.78, 5) is 21.2. The van der Waals surface area contributed by atoms with E-state index in [0.29, 0.717) is 0 Å². The number of para-hydroxylation sites is 13. The van der Waals surface area contributed by atoms with Gasteiger partial charge < -0.3 is 18.3 Å². The van der Waals surface area contributed by atoms with E-state index in [1.807, 2.05) is 6.07 Å². The minimum Gasteiger partial charge on any atom is -0.309 e. The lowest BCUT2D eigenvalue weighted by atomic mass is 10.1. The topological polar surface area (TPSA) is 91.0 Å². The third kappa shape index (κ3) is 12.5. The number of nitrogens with zero attached hydrogens (tertiary/aromatic N) is 12. The third-order valence-electron chi connectivity index (χ3n) is 28.2. The van der Waals surface area contributed by atoms with Crippen molar-refractivity contribution in [2.24, 2.45) is 0 Å². The van der Waals surface area contributed by atoms with Gasteiger partial charge in [0.25, 0.3) is 0 Å². The molecule has 0 spiro atoms. The molecule has 140 heavy (non-hydrogen) atoms. The van der Waals surface area contributed by atoms with Crippen LogP contribution in [0.5, 0.6) is 0 Å². The van der Waals surface area contributed by atoms with Crippen molar-refractivity contribution in [3.63, 3.8) is 0 Å². The number of fused-ring (bicyclic) bond motifs is 27. The normalized spacial score (nSPS) is 11.9.